The van der Waals surface area contributed by atoms with Crippen molar-refractivity contribution in [2.45, 2.75) is 34.1 Å². The Morgan fingerprint density at radius 3 is 2.43 bits per heavy atom. The number of ketones is 1. The minimum absolute atomic E-state index is 0.141. The van der Waals surface area contributed by atoms with Crippen LogP contribution in [0.5, 0.6) is 0 Å². The zero-order valence-corrected chi connectivity index (χ0v) is 9.76. The zero-order chi connectivity index (χ0) is 10.9. The SMILES string of the molecule is C=C(C(C)C)N1CCC(C)(C(C)=O)C1. The first-order valence-electron chi connectivity index (χ1n) is 5.31. The Bertz CT molecular complexity index is 257. The van der Waals surface area contributed by atoms with Crippen molar-refractivity contribution in [2.24, 2.45) is 11.3 Å². The van der Waals surface area contributed by atoms with Gasteiger partial charge in [0.15, 0.2) is 0 Å². The van der Waals surface area contributed by atoms with Crippen LogP contribution in [0.4, 0.5) is 0 Å². The minimum atomic E-state index is -0.141. The maximum absolute atomic E-state index is 11.4. The molecule has 1 aliphatic rings. The van der Waals surface area contributed by atoms with Gasteiger partial charge in [0.1, 0.15) is 5.78 Å². The summed E-state index contributed by atoms with van der Waals surface area (Å²) in [6.07, 6.45) is 0.966. The van der Waals surface area contributed by atoms with Crippen molar-refractivity contribution >= 4 is 5.78 Å². The van der Waals surface area contributed by atoms with Crippen LogP contribution < -0.4 is 0 Å². The largest absolute Gasteiger partial charge is 0.374 e. The Balaban J connectivity index is 2.66. The molecule has 1 heterocycles. The third kappa shape index (κ3) is 1.99. The van der Waals surface area contributed by atoms with Gasteiger partial charge in [-0.25, -0.2) is 0 Å². The molecule has 0 aromatic heterocycles. The van der Waals surface area contributed by atoms with E-state index in [0.29, 0.717) is 11.7 Å². The van der Waals surface area contributed by atoms with Crippen molar-refractivity contribution in [3.8, 4) is 0 Å². The fourth-order valence-corrected chi connectivity index (χ4v) is 1.86. The van der Waals surface area contributed by atoms with Crippen LogP contribution in [-0.4, -0.2) is 23.8 Å². The van der Waals surface area contributed by atoms with Gasteiger partial charge in [-0.2, -0.15) is 0 Å². The predicted molar refractivity (Wildman–Crippen MR) is 59.0 cm³/mol. The lowest BCUT2D eigenvalue weighted by Gasteiger charge is -2.26. The molecule has 0 bridgehead atoms. The molecule has 0 aromatic carbocycles. The van der Waals surface area contributed by atoms with E-state index in [-0.39, 0.29) is 5.41 Å². The van der Waals surface area contributed by atoms with Crippen LogP contribution in [-0.2, 0) is 4.79 Å². The zero-order valence-electron chi connectivity index (χ0n) is 9.76. The van der Waals surface area contributed by atoms with Crippen molar-refractivity contribution in [2.75, 3.05) is 13.1 Å². The highest BCUT2D eigenvalue weighted by Crippen LogP contribution is 2.33. The van der Waals surface area contributed by atoms with Crippen molar-refractivity contribution in [3.63, 3.8) is 0 Å². The van der Waals surface area contributed by atoms with Gasteiger partial charge in [0.05, 0.1) is 0 Å². The number of carbonyl (C=O) groups is 1. The molecule has 0 N–H and O–H groups in total. The predicted octanol–water partition coefficient (Wildman–Crippen LogP) is 2.46. The molecule has 14 heavy (non-hydrogen) atoms. The molecule has 1 aliphatic heterocycles. The first-order valence-corrected chi connectivity index (χ1v) is 5.31. The van der Waals surface area contributed by atoms with Gasteiger partial charge in [-0.15, -0.1) is 0 Å². The van der Waals surface area contributed by atoms with Gasteiger partial charge in [-0.05, 0) is 19.3 Å². The molecule has 1 saturated heterocycles. The van der Waals surface area contributed by atoms with E-state index in [1.165, 1.54) is 0 Å². The first kappa shape index (κ1) is 11.3. The number of Topliss-reactive ketones (excluding diaryl/α,β-unsaturated/α-hetero) is 1. The maximum Gasteiger partial charge on any atom is 0.137 e. The molecule has 80 valence electrons. The Labute approximate surface area is 87.0 Å². The lowest BCUT2D eigenvalue weighted by Crippen LogP contribution is -2.30. The van der Waals surface area contributed by atoms with Crippen molar-refractivity contribution in [1.82, 2.24) is 4.90 Å². The fourth-order valence-electron chi connectivity index (χ4n) is 1.86. The molecule has 1 fully saturated rings. The van der Waals surface area contributed by atoms with E-state index in [0.717, 1.165) is 25.2 Å². The summed E-state index contributed by atoms with van der Waals surface area (Å²) in [5.41, 5.74) is 1.02. The van der Waals surface area contributed by atoms with E-state index in [2.05, 4.69) is 32.3 Å². The Kier molecular flexibility index (Phi) is 3.03. The smallest absolute Gasteiger partial charge is 0.137 e. The van der Waals surface area contributed by atoms with Gasteiger partial charge in [-0.1, -0.05) is 27.4 Å². The first-order chi connectivity index (χ1) is 6.37. The quantitative estimate of drug-likeness (QED) is 0.689. The van der Waals surface area contributed by atoms with Gasteiger partial charge in [0.25, 0.3) is 0 Å². The monoisotopic (exact) mass is 195 g/mol. The summed E-state index contributed by atoms with van der Waals surface area (Å²) in [5, 5.41) is 0. The molecular weight excluding hydrogens is 174 g/mol. The number of nitrogens with zero attached hydrogens (tertiary/aromatic N) is 1. The van der Waals surface area contributed by atoms with Gasteiger partial charge in [-0.3, -0.25) is 4.79 Å². The van der Waals surface area contributed by atoms with Gasteiger partial charge < -0.3 is 4.90 Å². The van der Waals surface area contributed by atoms with Gasteiger partial charge >= 0.3 is 0 Å². The second kappa shape index (κ2) is 3.76. The summed E-state index contributed by atoms with van der Waals surface area (Å²) < 4.78 is 0. The summed E-state index contributed by atoms with van der Waals surface area (Å²) in [6, 6.07) is 0. The number of rotatable bonds is 3. The summed E-state index contributed by atoms with van der Waals surface area (Å²) >= 11 is 0. The molecule has 2 heteroatoms. The second-order valence-electron chi connectivity index (χ2n) is 4.93. The third-order valence-corrected chi connectivity index (χ3v) is 3.40. The van der Waals surface area contributed by atoms with E-state index in [9.17, 15) is 4.79 Å². The van der Waals surface area contributed by atoms with Crippen LogP contribution in [0.1, 0.15) is 34.1 Å². The minimum Gasteiger partial charge on any atom is -0.374 e. The van der Waals surface area contributed by atoms with E-state index in [4.69, 9.17) is 0 Å². The number of likely N-dealkylation sites (tertiary alicyclic amines) is 1. The summed E-state index contributed by atoms with van der Waals surface area (Å²) in [6.45, 7) is 13.9. The van der Waals surface area contributed by atoms with Crippen LogP contribution in [0.25, 0.3) is 0 Å². The fraction of sp³-hybridized carbons (Fsp3) is 0.750. The number of hydrogen-bond acceptors (Lipinski definition) is 2. The van der Waals surface area contributed by atoms with Gasteiger partial charge in [0.2, 0.25) is 0 Å². The molecule has 0 aliphatic carbocycles. The third-order valence-electron chi connectivity index (χ3n) is 3.40. The van der Waals surface area contributed by atoms with E-state index < -0.39 is 0 Å². The Morgan fingerprint density at radius 2 is 2.07 bits per heavy atom. The van der Waals surface area contributed by atoms with Crippen molar-refractivity contribution in [3.05, 3.63) is 12.3 Å². The highest BCUT2D eigenvalue weighted by molar-refractivity contribution is 5.82. The molecule has 1 unspecified atom stereocenters. The number of hydrogen-bond donors (Lipinski definition) is 0. The molecular formula is C12H21NO. The van der Waals surface area contributed by atoms with E-state index in [1.807, 2.05) is 0 Å². The average molecular weight is 195 g/mol. The summed E-state index contributed by atoms with van der Waals surface area (Å²) in [5.74, 6) is 0.779. The standard InChI is InChI=1S/C12H21NO/c1-9(2)10(3)13-7-6-12(5,8-13)11(4)14/h9H,3,6-8H2,1-2,4-5H3. The lowest BCUT2D eigenvalue weighted by molar-refractivity contribution is -0.125. The molecule has 0 amide bonds. The molecule has 0 saturated carbocycles. The summed E-state index contributed by atoms with van der Waals surface area (Å²) in [4.78, 5) is 13.7. The molecule has 2 nitrogen and oxygen atoms in total. The molecule has 0 spiro atoms. The molecule has 0 radical (unpaired) electrons. The lowest BCUT2D eigenvalue weighted by atomic mass is 9.86. The number of carbonyl (C=O) groups excluding carboxylic acids is 1. The van der Waals surface area contributed by atoms with Crippen LogP contribution >= 0.6 is 0 Å². The molecule has 0 aromatic rings. The number of allylic oxidation sites excluding steroid dienone is 1. The van der Waals surface area contributed by atoms with Crippen LogP contribution in [0.2, 0.25) is 0 Å². The highest BCUT2D eigenvalue weighted by Gasteiger charge is 2.38. The van der Waals surface area contributed by atoms with Crippen LogP contribution in [0.3, 0.4) is 0 Å². The average Bonchev–Trinajstić information content (AvgIpc) is 2.48. The van der Waals surface area contributed by atoms with Crippen molar-refractivity contribution < 1.29 is 4.79 Å². The molecule has 1 atom stereocenters. The van der Waals surface area contributed by atoms with E-state index >= 15 is 0 Å². The Hall–Kier alpha value is -0.790. The molecule has 1 rings (SSSR count). The van der Waals surface area contributed by atoms with Crippen LogP contribution in [0, 0.1) is 11.3 Å². The van der Waals surface area contributed by atoms with E-state index in [1.54, 1.807) is 6.92 Å². The normalized spacial score (nSPS) is 27.1. The topological polar surface area (TPSA) is 20.3 Å². The van der Waals surface area contributed by atoms with Crippen molar-refractivity contribution in [1.29, 1.82) is 0 Å². The van der Waals surface area contributed by atoms with Gasteiger partial charge in [0, 0.05) is 24.2 Å². The second-order valence-corrected chi connectivity index (χ2v) is 4.93. The van der Waals surface area contributed by atoms with Crippen LogP contribution in [0.15, 0.2) is 12.3 Å². The highest BCUT2D eigenvalue weighted by atomic mass is 16.1. The summed E-state index contributed by atoms with van der Waals surface area (Å²) in [7, 11) is 0. The Morgan fingerprint density at radius 1 is 1.50 bits per heavy atom. The maximum atomic E-state index is 11.4.